The summed E-state index contributed by atoms with van der Waals surface area (Å²) in [4.78, 5) is 14.4. The summed E-state index contributed by atoms with van der Waals surface area (Å²) < 4.78 is 65.9. The Hall–Kier alpha value is -2.85. The second-order valence-electron chi connectivity index (χ2n) is 8.51. The third-order valence-corrected chi connectivity index (χ3v) is 8.26. The number of alkyl halides is 3. The number of rotatable bonds is 4. The van der Waals surface area contributed by atoms with Crippen LogP contribution in [0.3, 0.4) is 0 Å². The third-order valence-electron chi connectivity index (χ3n) is 6.36. The number of halogens is 3. The summed E-state index contributed by atoms with van der Waals surface area (Å²) in [6.45, 7) is 1.17. The van der Waals surface area contributed by atoms with E-state index in [-0.39, 0.29) is 30.7 Å². The molecule has 1 fully saturated rings. The molecule has 0 bridgehead atoms. The van der Waals surface area contributed by atoms with Gasteiger partial charge in [0.2, 0.25) is 15.9 Å². The lowest BCUT2D eigenvalue weighted by Gasteiger charge is -2.35. The van der Waals surface area contributed by atoms with Crippen LogP contribution in [0.25, 0.3) is 5.57 Å². The van der Waals surface area contributed by atoms with E-state index in [4.69, 9.17) is 0 Å². The number of aromatic hydroxyl groups is 1. The zero-order valence-corrected chi connectivity index (χ0v) is 19.1. The predicted molar refractivity (Wildman–Crippen MR) is 120 cm³/mol. The van der Waals surface area contributed by atoms with Crippen molar-refractivity contribution in [1.29, 1.82) is 0 Å². The van der Waals surface area contributed by atoms with Gasteiger partial charge in [0.25, 0.3) is 0 Å². The number of piperidine rings is 1. The van der Waals surface area contributed by atoms with Crippen LogP contribution in [0.5, 0.6) is 5.75 Å². The van der Waals surface area contributed by atoms with Crippen LogP contribution in [-0.2, 0) is 21.0 Å². The standard InChI is InChI=1S/C24H25F3N2O4S/c25-24(26,27)20-2-1-3-22(16-20)34(32,33)29-14-10-19(11-15-29)23(31)28-12-8-18(9-13-28)17-4-6-21(30)7-5-17/h1-8,16,19,30H,9-15H2. The summed E-state index contributed by atoms with van der Waals surface area (Å²) in [5.74, 6) is -0.160. The van der Waals surface area contributed by atoms with Crippen LogP contribution >= 0.6 is 0 Å². The maximum atomic E-state index is 13.0. The normalized spacial score (nSPS) is 18.6. The second-order valence-corrected chi connectivity index (χ2v) is 10.5. The van der Waals surface area contributed by atoms with Gasteiger partial charge in [-0.15, -0.1) is 0 Å². The molecule has 4 rings (SSSR count). The number of carbonyl (C=O) groups excluding carboxylic acids is 1. The van der Waals surface area contributed by atoms with Crippen molar-refractivity contribution in [2.45, 2.75) is 30.3 Å². The molecule has 2 aliphatic heterocycles. The maximum absolute atomic E-state index is 13.0. The molecule has 1 saturated heterocycles. The molecule has 10 heteroatoms. The first-order valence-corrected chi connectivity index (χ1v) is 12.4. The molecule has 34 heavy (non-hydrogen) atoms. The molecular formula is C24H25F3N2O4S. The Morgan fingerprint density at radius 3 is 2.26 bits per heavy atom. The fraction of sp³-hybridized carbons (Fsp3) is 0.375. The molecule has 2 heterocycles. The van der Waals surface area contributed by atoms with E-state index in [0.29, 0.717) is 38.4 Å². The minimum Gasteiger partial charge on any atom is -0.508 e. The van der Waals surface area contributed by atoms with Crippen LogP contribution in [0.4, 0.5) is 13.2 Å². The van der Waals surface area contributed by atoms with Crippen LogP contribution in [0.15, 0.2) is 59.5 Å². The third kappa shape index (κ3) is 5.12. The van der Waals surface area contributed by atoms with Gasteiger partial charge in [0, 0.05) is 32.1 Å². The van der Waals surface area contributed by atoms with E-state index in [1.165, 1.54) is 0 Å². The van der Waals surface area contributed by atoms with Gasteiger partial charge in [-0.3, -0.25) is 4.79 Å². The average Bonchev–Trinajstić information content (AvgIpc) is 2.84. The summed E-state index contributed by atoms with van der Waals surface area (Å²) in [6, 6.07) is 10.6. The largest absolute Gasteiger partial charge is 0.508 e. The van der Waals surface area contributed by atoms with E-state index in [1.54, 1.807) is 17.0 Å². The van der Waals surface area contributed by atoms with Crippen molar-refractivity contribution in [3.8, 4) is 5.75 Å². The van der Waals surface area contributed by atoms with Gasteiger partial charge in [-0.05, 0) is 60.7 Å². The Morgan fingerprint density at radius 2 is 1.68 bits per heavy atom. The topological polar surface area (TPSA) is 77.9 Å². The molecule has 0 saturated carbocycles. The monoisotopic (exact) mass is 494 g/mol. The van der Waals surface area contributed by atoms with Crippen molar-refractivity contribution in [2.75, 3.05) is 26.2 Å². The SMILES string of the molecule is O=C(C1CCN(S(=O)(=O)c2cccc(C(F)(F)F)c2)CC1)N1CC=C(c2ccc(O)cc2)CC1. The highest BCUT2D eigenvalue weighted by Crippen LogP contribution is 2.32. The number of phenols is 1. The number of hydrogen-bond donors (Lipinski definition) is 1. The molecule has 182 valence electrons. The van der Waals surface area contributed by atoms with Crippen molar-refractivity contribution in [3.63, 3.8) is 0 Å². The summed E-state index contributed by atoms with van der Waals surface area (Å²) in [5, 5.41) is 9.43. The molecule has 0 aliphatic carbocycles. The molecule has 1 amide bonds. The Labute approximate surface area is 196 Å². The van der Waals surface area contributed by atoms with Crippen molar-refractivity contribution >= 4 is 21.5 Å². The smallest absolute Gasteiger partial charge is 0.416 e. The van der Waals surface area contributed by atoms with Gasteiger partial charge in [0.1, 0.15) is 5.75 Å². The number of phenolic OH excluding ortho intramolecular Hbond substituents is 1. The summed E-state index contributed by atoms with van der Waals surface area (Å²) in [7, 11) is -4.08. The molecule has 0 unspecified atom stereocenters. The molecule has 2 aromatic carbocycles. The highest BCUT2D eigenvalue weighted by Gasteiger charge is 2.36. The molecule has 2 aliphatic rings. The number of benzene rings is 2. The lowest BCUT2D eigenvalue weighted by molar-refractivity contribution is -0.138. The van der Waals surface area contributed by atoms with E-state index >= 15 is 0 Å². The first kappa shape index (κ1) is 24.3. The van der Waals surface area contributed by atoms with Gasteiger partial charge in [0.05, 0.1) is 10.5 Å². The van der Waals surface area contributed by atoms with Crippen LogP contribution in [-0.4, -0.2) is 54.8 Å². The van der Waals surface area contributed by atoms with Crippen LogP contribution in [0, 0.1) is 5.92 Å². The van der Waals surface area contributed by atoms with E-state index in [9.17, 15) is 31.5 Å². The van der Waals surface area contributed by atoms with Crippen molar-refractivity contribution in [1.82, 2.24) is 9.21 Å². The van der Waals surface area contributed by atoms with Crippen LogP contribution in [0.2, 0.25) is 0 Å². The zero-order chi connectivity index (χ0) is 24.5. The van der Waals surface area contributed by atoms with Gasteiger partial charge < -0.3 is 10.0 Å². The summed E-state index contributed by atoms with van der Waals surface area (Å²) >= 11 is 0. The number of sulfonamides is 1. The molecule has 0 aromatic heterocycles. The second kappa shape index (κ2) is 9.42. The van der Waals surface area contributed by atoms with Gasteiger partial charge in [-0.2, -0.15) is 17.5 Å². The zero-order valence-electron chi connectivity index (χ0n) is 18.3. The lowest BCUT2D eigenvalue weighted by Crippen LogP contribution is -2.45. The minimum atomic E-state index is -4.63. The molecule has 6 nitrogen and oxygen atoms in total. The van der Waals surface area contributed by atoms with E-state index in [1.807, 2.05) is 18.2 Å². The van der Waals surface area contributed by atoms with Crippen LogP contribution < -0.4 is 0 Å². The molecule has 0 atom stereocenters. The van der Waals surface area contributed by atoms with Crippen LogP contribution in [0.1, 0.15) is 30.4 Å². The molecule has 1 N–H and O–H groups in total. The molecule has 0 radical (unpaired) electrons. The van der Waals surface area contributed by atoms with Crippen molar-refractivity contribution in [3.05, 3.63) is 65.7 Å². The first-order valence-electron chi connectivity index (χ1n) is 11.0. The van der Waals surface area contributed by atoms with Gasteiger partial charge in [-0.25, -0.2) is 8.42 Å². The Balaban J connectivity index is 1.36. The molecule has 0 spiro atoms. The molecule has 2 aromatic rings. The maximum Gasteiger partial charge on any atom is 0.416 e. The lowest BCUT2D eigenvalue weighted by atomic mass is 9.94. The first-order chi connectivity index (χ1) is 16.1. The minimum absolute atomic E-state index is 0.0304. The Morgan fingerprint density at radius 1 is 1.00 bits per heavy atom. The average molecular weight is 495 g/mol. The highest BCUT2D eigenvalue weighted by molar-refractivity contribution is 7.89. The number of carbonyl (C=O) groups is 1. The Kier molecular flexibility index (Phi) is 6.73. The number of nitrogens with zero attached hydrogens (tertiary/aromatic N) is 2. The van der Waals surface area contributed by atoms with Crippen molar-refractivity contribution < 1.29 is 31.5 Å². The van der Waals surface area contributed by atoms with Gasteiger partial charge in [-0.1, -0.05) is 24.3 Å². The van der Waals surface area contributed by atoms with E-state index in [2.05, 4.69) is 0 Å². The van der Waals surface area contributed by atoms with Gasteiger partial charge in [0.15, 0.2) is 0 Å². The van der Waals surface area contributed by atoms with Crippen molar-refractivity contribution in [2.24, 2.45) is 5.92 Å². The quantitative estimate of drug-likeness (QED) is 0.694. The highest BCUT2D eigenvalue weighted by atomic mass is 32.2. The summed E-state index contributed by atoms with van der Waals surface area (Å²) in [5.41, 5.74) is 1.09. The van der Waals surface area contributed by atoms with Gasteiger partial charge >= 0.3 is 6.18 Å². The van der Waals surface area contributed by atoms with E-state index in [0.717, 1.165) is 33.6 Å². The predicted octanol–water partition coefficient (Wildman–Crippen LogP) is 4.13. The number of hydrogen-bond acceptors (Lipinski definition) is 4. The summed E-state index contributed by atoms with van der Waals surface area (Å²) in [6.07, 6.45) is -1.32. The fourth-order valence-electron chi connectivity index (χ4n) is 4.39. The fourth-order valence-corrected chi connectivity index (χ4v) is 5.91. The molecular weight excluding hydrogens is 469 g/mol. The number of amides is 1. The van der Waals surface area contributed by atoms with E-state index < -0.39 is 26.7 Å². The Bertz CT molecular complexity index is 1190.